The Labute approximate surface area is 167 Å². The zero-order valence-electron chi connectivity index (χ0n) is 16.0. The number of anilines is 1. The number of nitrogens with zero attached hydrogens (tertiary/aromatic N) is 1. The molecule has 0 fully saturated rings. The van der Waals surface area contributed by atoms with Crippen molar-refractivity contribution in [1.29, 1.82) is 0 Å². The van der Waals surface area contributed by atoms with Crippen LogP contribution in [-0.4, -0.2) is 36.0 Å². The number of pyridine rings is 1. The number of aromatic nitrogens is 1. The first kappa shape index (κ1) is 20.0. The van der Waals surface area contributed by atoms with Gasteiger partial charge in [0, 0.05) is 17.3 Å². The lowest BCUT2D eigenvalue weighted by molar-refractivity contribution is -0.123. The first-order valence-corrected chi connectivity index (χ1v) is 9.87. The number of hydrogen-bond donors (Lipinski definition) is 1. The number of thiophene rings is 1. The predicted molar refractivity (Wildman–Crippen MR) is 105 cm³/mol. The van der Waals surface area contributed by atoms with Crippen LogP contribution in [0.5, 0.6) is 0 Å². The van der Waals surface area contributed by atoms with Gasteiger partial charge in [0.1, 0.15) is 5.00 Å². The summed E-state index contributed by atoms with van der Waals surface area (Å²) in [6, 6.07) is 3.17. The monoisotopic (exact) mass is 402 g/mol. The second kappa shape index (κ2) is 8.52. The van der Waals surface area contributed by atoms with Crippen LogP contribution in [0.3, 0.4) is 0 Å². The molecule has 2 aromatic rings. The maximum atomic E-state index is 12.6. The van der Waals surface area contributed by atoms with Crippen LogP contribution in [0, 0.1) is 5.92 Å². The van der Waals surface area contributed by atoms with E-state index < -0.39 is 23.9 Å². The van der Waals surface area contributed by atoms with E-state index in [-0.39, 0.29) is 5.56 Å². The highest BCUT2D eigenvalue weighted by Crippen LogP contribution is 2.40. The van der Waals surface area contributed by atoms with E-state index in [4.69, 9.17) is 9.47 Å². The van der Waals surface area contributed by atoms with Gasteiger partial charge in [-0.15, -0.1) is 11.3 Å². The molecule has 0 aliphatic heterocycles. The van der Waals surface area contributed by atoms with Gasteiger partial charge in [-0.25, -0.2) is 9.59 Å². The Kier molecular flexibility index (Phi) is 6.08. The van der Waals surface area contributed by atoms with Crippen molar-refractivity contribution in [1.82, 2.24) is 4.98 Å². The predicted octanol–water partition coefficient (Wildman–Crippen LogP) is 3.24. The van der Waals surface area contributed by atoms with Gasteiger partial charge in [-0.2, -0.15) is 0 Å². The summed E-state index contributed by atoms with van der Waals surface area (Å²) in [4.78, 5) is 41.9. The van der Waals surface area contributed by atoms with Crippen molar-refractivity contribution in [3.8, 4) is 0 Å². The number of fused-ring (bicyclic) bond motifs is 1. The van der Waals surface area contributed by atoms with Gasteiger partial charge in [-0.1, -0.05) is 6.92 Å². The number of methoxy groups -OCH3 is 1. The summed E-state index contributed by atoms with van der Waals surface area (Å²) >= 11 is 1.39. The Morgan fingerprint density at radius 2 is 2.11 bits per heavy atom. The van der Waals surface area contributed by atoms with Crippen LogP contribution < -0.4 is 5.32 Å². The third-order valence-electron chi connectivity index (χ3n) is 4.69. The maximum absolute atomic E-state index is 12.6. The number of carbonyl (C=O) groups is 3. The van der Waals surface area contributed by atoms with Gasteiger partial charge < -0.3 is 14.8 Å². The van der Waals surface area contributed by atoms with Crippen LogP contribution in [0.4, 0.5) is 5.00 Å². The quantitative estimate of drug-likeness (QED) is 0.772. The molecule has 28 heavy (non-hydrogen) atoms. The number of ether oxygens (including phenoxy) is 2. The lowest BCUT2D eigenvalue weighted by atomic mass is 9.88. The molecule has 1 N–H and O–H groups in total. The molecule has 0 bridgehead atoms. The highest BCUT2D eigenvalue weighted by Gasteiger charge is 2.30. The molecular formula is C20H22N2O5S. The maximum Gasteiger partial charge on any atom is 0.341 e. The molecule has 1 amide bonds. The first-order chi connectivity index (χ1) is 13.4. The number of carbonyl (C=O) groups excluding carboxylic acids is 3. The first-order valence-electron chi connectivity index (χ1n) is 9.05. The summed E-state index contributed by atoms with van der Waals surface area (Å²) in [6.07, 6.45) is 4.51. The molecule has 148 valence electrons. The van der Waals surface area contributed by atoms with Gasteiger partial charge in [0.15, 0.2) is 6.10 Å². The summed E-state index contributed by atoms with van der Waals surface area (Å²) in [5.74, 6) is -1.08. The molecule has 1 aliphatic carbocycles. The van der Waals surface area contributed by atoms with E-state index in [1.54, 1.807) is 18.3 Å². The zero-order valence-corrected chi connectivity index (χ0v) is 16.8. The minimum atomic E-state index is -1.03. The van der Waals surface area contributed by atoms with E-state index in [9.17, 15) is 14.4 Å². The van der Waals surface area contributed by atoms with Crippen molar-refractivity contribution in [2.24, 2.45) is 5.92 Å². The van der Waals surface area contributed by atoms with Gasteiger partial charge in [-0.3, -0.25) is 9.78 Å². The number of rotatable bonds is 5. The standard InChI is InChI=1S/C20H22N2O5S/c1-11-6-7-14-15(9-11)28-18(16(14)20(25)26-3)22-17(23)12(2)27-19(24)13-5-4-8-21-10-13/h4-5,8,10-12H,6-7,9H2,1-3H3,(H,22,23). The lowest BCUT2D eigenvalue weighted by Gasteiger charge is -2.18. The van der Waals surface area contributed by atoms with Gasteiger partial charge in [0.2, 0.25) is 0 Å². The average molecular weight is 402 g/mol. The SMILES string of the molecule is COC(=O)c1c(NC(=O)C(C)OC(=O)c2cccnc2)sc2c1CCC(C)C2. The third kappa shape index (κ3) is 4.22. The second-order valence-corrected chi connectivity index (χ2v) is 7.93. The molecule has 2 heterocycles. The number of esters is 2. The fraction of sp³-hybridized carbons (Fsp3) is 0.400. The van der Waals surface area contributed by atoms with E-state index in [2.05, 4.69) is 17.2 Å². The van der Waals surface area contributed by atoms with Crippen LogP contribution in [0.25, 0.3) is 0 Å². The fourth-order valence-electron chi connectivity index (χ4n) is 3.14. The van der Waals surface area contributed by atoms with Gasteiger partial charge >= 0.3 is 11.9 Å². The second-order valence-electron chi connectivity index (χ2n) is 6.83. The zero-order chi connectivity index (χ0) is 20.3. The minimum absolute atomic E-state index is 0.262. The molecule has 0 spiro atoms. The molecule has 8 heteroatoms. The normalized spacial score (nSPS) is 16.6. The summed E-state index contributed by atoms with van der Waals surface area (Å²) in [6.45, 7) is 3.65. The van der Waals surface area contributed by atoms with Gasteiger partial charge in [0.25, 0.3) is 5.91 Å². The van der Waals surface area contributed by atoms with Crippen molar-refractivity contribution in [3.05, 3.63) is 46.1 Å². The van der Waals surface area contributed by atoms with E-state index in [1.165, 1.54) is 31.6 Å². The van der Waals surface area contributed by atoms with Crippen molar-refractivity contribution in [2.45, 2.75) is 39.2 Å². The Hall–Kier alpha value is -2.74. The van der Waals surface area contributed by atoms with E-state index in [1.807, 2.05) is 0 Å². The van der Waals surface area contributed by atoms with Crippen LogP contribution in [0.15, 0.2) is 24.5 Å². The van der Waals surface area contributed by atoms with E-state index >= 15 is 0 Å². The minimum Gasteiger partial charge on any atom is -0.465 e. The van der Waals surface area contributed by atoms with Crippen LogP contribution in [0.2, 0.25) is 0 Å². The Bertz CT molecular complexity index is 894. The highest BCUT2D eigenvalue weighted by molar-refractivity contribution is 7.17. The molecule has 0 aromatic carbocycles. The van der Waals surface area contributed by atoms with Crippen LogP contribution in [-0.2, 0) is 27.1 Å². The molecule has 2 atom stereocenters. The lowest BCUT2D eigenvalue weighted by Crippen LogP contribution is -2.30. The largest absolute Gasteiger partial charge is 0.465 e. The molecule has 2 unspecified atom stereocenters. The Morgan fingerprint density at radius 1 is 1.32 bits per heavy atom. The Morgan fingerprint density at radius 3 is 2.79 bits per heavy atom. The smallest absolute Gasteiger partial charge is 0.341 e. The highest BCUT2D eigenvalue weighted by atomic mass is 32.1. The van der Waals surface area contributed by atoms with Gasteiger partial charge in [-0.05, 0) is 49.8 Å². The molecule has 0 saturated heterocycles. The fourth-order valence-corrected chi connectivity index (χ4v) is 4.54. The summed E-state index contributed by atoms with van der Waals surface area (Å²) in [5, 5.41) is 3.18. The van der Waals surface area contributed by atoms with Crippen molar-refractivity contribution in [3.63, 3.8) is 0 Å². The summed E-state index contributed by atoms with van der Waals surface area (Å²) in [5.41, 5.74) is 1.62. The molecule has 1 aliphatic rings. The molecular weight excluding hydrogens is 380 g/mol. The van der Waals surface area contributed by atoms with Crippen molar-refractivity contribution < 1.29 is 23.9 Å². The topological polar surface area (TPSA) is 94.6 Å². The average Bonchev–Trinajstić information content (AvgIpc) is 3.04. The molecule has 0 radical (unpaired) electrons. The molecule has 3 rings (SSSR count). The Balaban J connectivity index is 1.76. The molecule has 0 saturated carbocycles. The third-order valence-corrected chi connectivity index (χ3v) is 5.86. The van der Waals surface area contributed by atoms with E-state index in [0.29, 0.717) is 16.5 Å². The summed E-state index contributed by atoms with van der Waals surface area (Å²) < 4.78 is 10.1. The van der Waals surface area contributed by atoms with Crippen LogP contribution >= 0.6 is 11.3 Å². The van der Waals surface area contributed by atoms with E-state index in [0.717, 1.165) is 29.7 Å². The van der Waals surface area contributed by atoms with Crippen LogP contribution in [0.1, 0.15) is 51.4 Å². The molecule has 2 aromatic heterocycles. The molecule has 7 nitrogen and oxygen atoms in total. The number of nitrogens with one attached hydrogen (secondary N) is 1. The van der Waals surface area contributed by atoms with Crippen molar-refractivity contribution >= 4 is 34.2 Å². The van der Waals surface area contributed by atoms with Gasteiger partial charge in [0.05, 0.1) is 18.2 Å². The van der Waals surface area contributed by atoms with Crippen molar-refractivity contribution in [2.75, 3.05) is 12.4 Å². The number of hydrogen-bond acceptors (Lipinski definition) is 7. The number of amides is 1. The summed E-state index contributed by atoms with van der Waals surface area (Å²) in [7, 11) is 1.32.